The molecule has 0 radical (unpaired) electrons. The Balaban J connectivity index is 2.10. The zero-order valence-electron chi connectivity index (χ0n) is 13.5. The summed E-state index contributed by atoms with van der Waals surface area (Å²) in [5.74, 6) is 0.629. The van der Waals surface area contributed by atoms with E-state index in [1.807, 2.05) is 0 Å². The molecule has 0 aromatic heterocycles. The molecule has 1 atom stereocenters. The van der Waals surface area contributed by atoms with Gasteiger partial charge in [-0.25, -0.2) is 0 Å². The molecular weight excluding hydrogens is 242 g/mol. The van der Waals surface area contributed by atoms with Crippen molar-refractivity contribution in [1.29, 1.82) is 0 Å². The van der Waals surface area contributed by atoms with Gasteiger partial charge in [0, 0.05) is 5.54 Å². The monoisotopic (exact) mass is 273 g/mol. The van der Waals surface area contributed by atoms with E-state index >= 15 is 0 Å². The maximum Gasteiger partial charge on any atom is 0.0221 e. The van der Waals surface area contributed by atoms with Crippen LogP contribution in [-0.4, -0.2) is 12.1 Å². The Labute approximate surface area is 125 Å². The van der Waals surface area contributed by atoms with Gasteiger partial charge in [-0.1, -0.05) is 64.3 Å². The van der Waals surface area contributed by atoms with Crippen molar-refractivity contribution < 1.29 is 0 Å². The molecule has 20 heavy (non-hydrogen) atoms. The Kier molecular flexibility index (Phi) is 5.65. The van der Waals surface area contributed by atoms with Crippen LogP contribution in [0.5, 0.6) is 0 Å². The molecule has 1 unspecified atom stereocenters. The normalized spacial score (nSPS) is 23.8. The minimum absolute atomic E-state index is 0.352. The van der Waals surface area contributed by atoms with Gasteiger partial charge in [0.25, 0.3) is 0 Å². The lowest BCUT2D eigenvalue weighted by Crippen LogP contribution is -2.46. The standard InChI is InChI=1S/C19H31N/c1-4-12-19(13-6-5-7-14-20-19)15-17-8-10-18(11-9-17)16(2)3/h8-11,16,20H,4-7,12-15H2,1-3H3. The highest BCUT2D eigenvalue weighted by molar-refractivity contribution is 5.26. The molecule has 1 aliphatic heterocycles. The second-order valence-corrected chi connectivity index (χ2v) is 6.84. The van der Waals surface area contributed by atoms with E-state index in [-0.39, 0.29) is 0 Å². The molecule has 1 aromatic carbocycles. The molecule has 1 fully saturated rings. The predicted octanol–water partition coefficient (Wildman–Crippen LogP) is 5.06. The number of hydrogen-bond acceptors (Lipinski definition) is 1. The van der Waals surface area contributed by atoms with Gasteiger partial charge < -0.3 is 5.32 Å². The van der Waals surface area contributed by atoms with Crippen LogP contribution in [0, 0.1) is 0 Å². The molecule has 1 saturated heterocycles. The smallest absolute Gasteiger partial charge is 0.0221 e. The summed E-state index contributed by atoms with van der Waals surface area (Å²) in [6.07, 6.45) is 9.24. The highest BCUT2D eigenvalue weighted by Gasteiger charge is 2.29. The van der Waals surface area contributed by atoms with E-state index in [0.717, 1.165) is 0 Å². The Morgan fingerprint density at radius 1 is 1.10 bits per heavy atom. The Hall–Kier alpha value is -0.820. The topological polar surface area (TPSA) is 12.0 Å². The van der Waals surface area contributed by atoms with E-state index in [4.69, 9.17) is 0 Å². The van der Waals surface area contributed by atoms with Crippen molar-refractivity contribution in [1.82, 2.24) is 5.32 Å². The first-order chi connectivity index (χ1) is 9.65. The lowest BCUT2D eigenvalue weighted by molar-refractivity contribution is 0.288. The van der Waals surface area contributed by atoms with E-state index in [9.17, 15) is 0 Å². The fourth-order valence-electron chi connectivity index (χ4n) is 3.55. The minimum atomic E-state index is 0.352. The number of rotatable bonds is 5. The first kappa shape index (κ1) is 15.6. The third-order valence-electron chi connectivity index (χ3n) is 4.75. The summed E-state index contributed by atoms with van der Waals surface area (Å²) in [5, 5.41) is 3.88. The zero-order chi connectivity index (χ0) is 14.4. The maximum absolute atomic E-state index is 3.88. The number of hydrogen-bond donors (Lipinski definition) is 1. The molecule has 1 aromatic rings. The van der Waals surface area contributed by atoms with Crippen LogP contribution in [0.1, 0.15) is 76.3 Å². The fraction of sp³-hybridized carbons (Fsp3) is 0.684. The molecule has 0 aliphatic carbocycles. The van der Waals surface area contributed by atoms with Gasteiger partial charge >= 0.3 is 0 Å². The van der Waals surface area contributed by atoms with Crippen LogP contribution in [0.25, 0.3) is 0 Å². The van der Waals surface area contributed by atoms with E-state index in [1.54, 1.807) is 0 Å². The van der Waals surface area contributed by atoms with Crippen LogP contribution in [-0.2, 0) is 6.42 Å². The molecule has 1 nitrogen and oxygen atoms in total. The first-order valence-corrected chi connectivity index (χ1v) is 8.49. The summed E-state index contributed by atoms with van der Waals surface area (Å²) in [4.78, 5) is 0. The van der Waals surface area contributed by atoms with Gasteiger partial charge in [0.05, 0.1) is 0 Å². The molecular formula is C19H31N. The van der Waals surface area contributed by atoms with Gasteiger partial charge in [0.1, 0.15) is 0 Å². The first-order valence-electron chi connectivity index (χ1n) is 8.49. The summed E-state index contributed by atoms with van der Waals surface area (Å²) < 4.78 is 0. The van der Waals surface area contributed by atoms with Crippen molar-refractivity contribution in [3.8, 4) is 0 Å². The summed E-state index contributed by atoms with van der Waals surface area (Å²) >= 11 is 0. The Morgan fingerprint density at radius 2 is 1.85 bits per heavy atom. The molecule has 0 saturated carbocycles. The van der Waals surface area contributed by atoms with Crippen LogP contribution in [0.2, 0.25) is 0 Å². The molecule has 0 spiro atoms. The van der Waals surface area contributed by atoms with E-state index in [2.05, 4.69) is 50.4 Å². The summed E-state index contributed by atoms with van der Waals surface area (Å²) in [5.41, 5.74) is 3.30. The van der Waals surface area contributed by atoms with Crippen LogP contribution < -0.4 is 5.32 Å². The average molecular weight is 273 g/mol. The highest BCUT2D eigenvalue weighted by Crippen LogP contribution is 2.28. The number of benzene rings is 1. The lowest BCUT2D eigenvalue weighted by Gasteiger charge is -2.34. The van der Waals surface area contributed by atoms with Gasteiger partial charge in [-0.05, 0) is 49.3 Å². The van der Waals surface area contributed by atoms with Gasteiger partial charge in [0.2, 0.25) is 0 Å². The van der Waals surface area contributed by atoms with Crippen molar-refractivity contribution in [3.05, 3.63) is 35.4 Å². The zero-order valence-corrected chi connectivity index (χ0v) is 13.5. The second kappa shape index (κ2) is 7.26. The quantitative estimate of drug-likeness (QED) is 0.791. The predicted molar refractivity (Wildman–Crippen MR) is 88.3 cm³/mol. The van der Waals surface area contributed by atoms with E-state index in [0.29, 0.717) is 11.5 Å². The minimum Gasteiger partial charge on any atom is -0.311 e. The van der Waals surface area contributed by atoms with Crippen LogP contribution in [0.15, 0.2) is 24.3 Å². The van der Waals surface area contributed by atoms with Crippen molar-refractivity contribution in [3.63, 3.8) is 0 Å². The van der Waals surface area contributed by atoms with Crippen LogP contribution in [0.4, 0.5) is 0 Å². The van der Waals surface area contributed by atoms with Gasteiger partial charge in [-0.3, -0.25) is 0 Å². The third kappa shape index (κ3) is 4.09. The molecule has 2 rings (SSSR count). The molecule has 1 heteroatoms. The molecule has 1 heterocycles. The molecule has 112 valence electrons. The third-order valence-corrected chi connectivity index (χ3v) is 4.75. The lowest BCUT2D eigenvalue weighted by atomic mass is 9.82. The highest BCUT2D eigenvalue weighted by atomic mass is 15.0. The molecule has 0 amide bonds. The van der Waals surface area contributed by atoms with E-state index in [1.165, 1.54) is 62.6 Å². The van der Waals surface area contributed by atoms with Crippen LogP contribution in [0.3, 0.4) is 0 Å². The van der Waals surface area contributed by atoms with Gasteiger partial charge in [-0.2, -0.15) is 0 Å². The Morgan fingerprint density at radius 3 is 2.50 bits per heavy atom. The van der Waals surface area contributed by atoms with Crippen molar-refractivity contribution in [2.24, 2.45) is 0 Å². The summed E-state index contributed by atoms with van der Waals surface area (Å²) in [6, 6.07) is 9.32. The molecule has 1 aliphatic rings. The van der Waals surface area contributed by atoms with Gasteiger partial charge in [0.15, 0.2) is 0 Å². The van der Waals surface area contributed by atoms with Crippen molar-refractivity contribution in [2.45, 2.75) is 77.2 Å². The Bertz CT molecular complexity index is 383. The maximum atomic E-state index is 3.88. The average Bonchev–Trinajstić information content (AvgIpc) is 2.66. The summed E-state index contributed by atoms with van der Waals surface area (Å²) in [6.45, 7) is 8.04. The van der Waals surface area contributed by atoms with Crippen molar-refractivity contribution >= 4 is 0 Å². The van der Waals surface area contributed by atoms with Gasteiger partial charge in [-0.15, -0.1) is 0 Å². The van der Waals surface area contributed by atoms with Crippen molar-refractivity contribution in [2.75, 3.05) is 6.54 Å². The van der Waals surface area contributed by atoms with Crippen LogP contribution >= 0.6 is 0 Å². The fourth-order valence-corrected chi connectivity index (χ4v) is 3.55. The number of nitrogens with one attached hydrogen (secondary N) is 1. The summed E-state index contributed by atoms with van der Waals surface area (Å²) in [7, 11) is 0. The van der Waals surface area contributed by atoms with E-state index < -0.39 is 0 Å². The molecule has 0 bridgehead atoms. The SMILES string of the molecule is CCCC1(Cc2ccc(C(C)C)cc2)CCCCCN1. The molecule has 1 N–H and O–H groups in total. The second-order valence-electron chi connectivity index (χ2n) is 6.84. The largest absolute Gasteiger partial charge is 0.311 e.